The summed E-state index contributed by atoms with van der Waals surface area (Å²) in [6.07, 6.45) is 2.02. The van der Waals surface area contributed by atoms with Crippen LogP contribution in [0.4, 0.5) is 9.18 Å². The van der Waals surface area contributed by atoms with Crippen LogP contribution in [-0.4, -0.2) is 33.2 Å². The third-order valence-electron chi connectivity index (χ3n) is 6.18. The zero-order valence-corrected chi connectivity index (χ0v) is 19.2. The molecule has 4 rings (SSSR count). The Balaban J connectivity index is 1.54. The third-order valence-corrected chi connectivity index (χ3v) is 6.18. The molecule has 1 aromatic heterocycles. The summed E-state index contributed by atoms with van der Waals surface area (Å²) in [6, 6.07) is 19.6. The van der Waals surface area contributed by atoms with Crippen molar-refractivity contribution in [2.24, 2.45) is 0 Å². The Labute approximate surface area is 193 Å². The van der Waals surface area contributed by atoms with Gasteiger partial charge in [-0.25, -0.2) is 9.18 Å². The first-order valence-electron chi connectivity index (χ1n) is 11.2. The van der Waals surface area contributed by atoms with E-state index in [9.17, 15) is 14.3 Å². The van der Waals surface area contributed by atoms with Gasteiger partial charge in [0.2, 0.25) is 0 Å². The molecule has 1 amide bonds. The van der Waals surface area contributed by atoms with Gasteiger partial charge in [-0.15, -0.1) is 0 Å². The number of hydrogen-bond donors (Lipinski definition) is 1. The number of pyridine rings is 1. The lowest BCUT2D eigenvalue weighted by molar-refractivity contribution is -0.101. The first-order chi connectivity index (χ1) is 15.7. The maximum absolute atomic E-state index is 13.5. The summed E-state index contributed by atoms with van der Waals surface area (Å²) in [4.78, 5) is 19.2. The van der Waals surface area contributed by atoms with Crippen molar-refractivity contribution in [3.05, 3.63) is 89.9 Å². The number of rotatable bonds is 6. The fourth-order valence-corrected chi connectivity index (χ4v) is 4.55. The molecule has 1 aliphatic heterocycles. The summed E-state index contributed by atoms with van der Waals surface area (Å²) in [6.45, 7) is 5.79. The van der Waals surface area contributed by atoms with Crippen LogP contribution >= 0.6 is 0 Å². The molecule has 33 heavy (non-hydrogen) atoms. The van der Waals surface area contributed by atoms with E-state index in [0.29, 0.717) is 18.5 Å². The van der Waals surface area contributed by atoms with E-state index in [0.717, 1.165) is 16.8 Å². The highest BCUT2D eigenvalue weighted by molar-refractivity contribution is 5.70. The van der Waals surface area contributed by atoms with E-state index in [-0.39, 0.29) is 18.3 Å². The van der Waals surface area contributed by atoms with Crippen LogP contribution in [0.2, 0.25) is 0 Å². The quantitative estimate of drug-likeness (QED) is 0.514. The van der Waals surface area contributed by atoms with E-state index >= 15 is 0 Å². The van der Waals surface area contributed by atoms with E-state index in [1.54, 1.807) is 37.1 Å². The lowest BCUT2D eigenvalue weighted by Gasteiger charge is -2.45. The van der Waals surface area contributed by atoms with Crippen LogP contribution < -0.4 is 0 Å². The minimum atomic E-state index is -1.07. The summed E-state index contributed by atoms with van der Waals surface area (Å²) < 4.78 is 19.5. The van der Waals surface area contributed by atoms with Crippen LogP contribution in [0.15, 0.2) is 72.9 Å². The molecule has 0 bridgehead atoms. The number of carbonyl (C=O) groups excluding carboxylic acids is 1. The van der Waals surface area contributed by atoms with Gasteiger partial charge in [0.15, 0.2) is 0 Å². The van der Waals surface area contributed by atoms with Crippen LogP contribution in [0.25, 0.3) is 11.3 Å². The van der Waals surface area contributed by atoms with Gasteiger partial charge in [0.25, 0.3) is 0 Å². The van der Waals surface area contributed by atoms with Gasteiger partial charge in [-0.1, -0.05) is 42.5 Å². The lowest BCUT2D eigenvalue weighted by atomic mass is 9.80. The van der Waals surface area contributed by atoms with Crippen molar-refractivity contribution in [2.75, 3.05) is 6.54 Å². The van der Waals surface area contributed by atoms with Crippen molar-refractivity contribution in [1.29, 1.82) is 0 Å². The first-order valence-corrected chi connectivity index (χ1v) is 11.2. The molecular formula is C27H29FN2O3. The number of carbonyl (C=O) groups is 1. The molecule has 0 spiro atoms. The van der Waals surface area contributed by atoms with Crippen molar-refractivity contribution < 1.29 is 19.0 Å². The average Bonchev–Trinajstić information content (AvgIpc) is 2.79. The van der Waals surface area contributed by atoms with Gasteiger partial charge in [-0.3, -0.25) is 4.98 Å². The fraction of sp³-hybridized carbons (Fsp3) is 0.333. The molecule has 5 nitrogen and oxygen atoms in total. The van der Waals surface area contributed by atoms with E-state index in [1.165, 1.54) is 12.1 Å². The van der Waals surface area contributed by atoms with Gasteiger partial charge in [0.05, 0.1) is 17.3 Å². The van der Waals surface area contributed by atoms with Crippen molar-refractivity contribution in [1.82, 2.24) is 9.88 Å². The molecular weight excluding hydrogens is 419 g/mol. The van der Waals surface area contributed by atoms with Gasteiger partial charge in [-0.2, -0.15) is 0 Å². The molecule has 0 unspecified atom stereocenters. The van der Waals surface area contributed by atoms with E-state index in [2.05, 4.69) is 4.98 Å². The van der Waals surface area contributed by atoms with Crippen LogP contribution in [0.1, 0.15) is 50.8 Å². The molecule has 172 valence electrons. The number of amides is 1. The molecule has 1 aliphatic rings. The number of halogens is 1. The van der Waals surface area contributed by atoms with Crippen LogP contribution in [0.3, 0.4) is 0 Å². The maximum atomic E-state index is 13.5. The number of hydrogen-bond acceptors (Lipinski definition) is 4. The van der Waals surface area contributed by atoms with Crippen LogP contribution in [-0.2, 0) is 10.3 Å². The Morgan fingerprint density at radius 3 is 2.39 bits per heavy atom. The van der Waals surface area contributed by atoms with Gasteiger partial charge in [0.1, 0.15) is 11.4 Å². The highest BCUT2D eigenvalue weighted by Gasteiger charge is 2.46. The summed E-state index contributed by atoms with van der Waals surface area (Å²) in [5.41, 5.74) is 1.50. The third kappa shape index (κ3) is 5.06. The second-order valence-electron chi connectivity index (χ2n) is 9.31. The molecule has 1 fully saturated rings. The van der Waals surface area contributed by atoms with Gasteiger partial charge < -0.3 is 14.7 Å². The second kappa shape index (κ2) is 8.94. The SMILES string of the molecule is C[C@@H](c1ccc(-c2ccccn2)cc1)N1CC[C@](CC(C)(C)O)(c2ccc(F)cc2)OC1=O. The number of cyclic esters (lactones) is 1. The largest absolute Gasteiger partial charge is 0.438 e. The van der Waals surface area contributed by atoms with Crippen molar-refractivity contribution in [2.45, 2.75) is 50.9 Å². The predicted molar refractivity (Wildman–Crippen MR) is 125 cm³/mol. The smallest absolute Gasteiger partial charge is 0.411 e. The van der Waals surface area contributed by atoms with E-state index < -0.39 is 17.3 Å². The molecule has 0 saturated carbocycles. The molecule has 2 aromatic carbocycles. The highest BCUT2D eigenvalue weighted by Crippen LogP contribution is 2.42. The number of nitrogens with zero attached hydrogens (tertiary/aromatic N) is 2. The number of aliphatic hydroxyl groups is 1. The standard InChI is InChI=1S/C27H29FN2O3/c1-19(20-7-9-21(10-8-20)24-6-4-5-16-29-24)30-17-15-27(33-25(30)31,18-26(2,3)32)22-11-13-23(28)14-12-22/h4-14,16,19,32H,15,17-18H2,1-3H3/t19-,27-/m0/s1. The predicted octanol–water partition coefficient (Wildman–Crippen LogP) is 5.85. The molecule has 2 heterocycles. The number of aromatic nitrogens is 1. The summed E-state index contributed by atoms with van der Waals surface area (Å²) in [5, 5.41) is 10.5. The zero-order chi connectivity index (χ0) is 23.6. The summed E-state index contributed by atoms with van der Waals surface area (Å²) in [7, 11) is 0. The van der Waals surface area contributed by atoms with E-state index in [4.69, 9.17) is 4.74 Å². The fourth-order valence-electron chi connectivity index (χ4n) is 4.55. The van der Waals surface area contributed by atoms with Crippen LogP contribution in [0, 0.1) is 5.82 Å². The Morgan fingerprint density at radius 1 is 1.12 bits per heavy atom. The minimum Gasteiger partial charge on any atom is -0.438 e. The van der Waals surface area contributed by atoms with Crippen molar-refractivity contribution in [3.63, 3.8) is 0 Å². The van der Waals surface area contributed by atoms with Gasteiger partial charge in [0, 0.05) is 31.1 Å². The minimum absolute atomic E-state index is 0.191. The molecule has 0 radical (unpaired) electrons. The van der Waals surface area contributed by atoms with Gasteiger partial charge in [-0.05, 0) is 56.2 Å². The molecule has 2 atom stereocenters. The molecule has 0 aliphatic carbocycles. The van der Waals surface area contributed by atoms with Crippen molar-refractivity contribution >= 4 is 6.09 Å². The summed E-state index contributed by atoms with van der Waals surface area (Å²) in [5.74, 6) is -0.358. The Morgan fingerprint density at radius 2 is 1.82 bits per heavy atom. The Bertz CT molecular complexity index is 1090. The average molecular weight is 449 g/mol. The topological polar surface area (TPSA) is 62.7 Å². The second-order valence-corrected chi connectivity index (χ2v) is 9.31. The van der Waals surface area contributed by atoms with Crippen LogP contribution in [0.5, 0.6) is 0 Å². The molecule has 1 N–H and O–H groups in total. The number of benzene rings is 2. The van der Waals surface area contributed by atoms with E-state index in [1.807, 2.05) is 49.4 Å². The van der Waals surface area contributed by atoms with Crippen molar-refractivity contribution in [3.8, 4) is 11.3 Å². The highest BCUT2D eigenvalue weighted by atomic mass is 19.1. The maximum Gasteiger partial charge on any atom is 0.411 e. The first kappa shape index (κ1) is 22.9. The molecule has 1 saturated heterocycles. The van der Waals surface area contributed by atoms with Gasteiger partial charge >= 0.3 is 6.09 Å². The monoisotopic (exact) mass is 448 g/mol. The molecule has 6 heteroatoms. The molecule has 3 aromatic rings. The zero-order valence-electron chi connectivity index (χ0n) is 19.2. The Kier molecular flexibility index (Phi) is 6.21. The summed E-state index contributed by atoms with van der Waals surface area (Å²) >= 11 is 0. The lowest BCUT2D eigenvalue weighted by Crippen LogP contribution is -2.51. The Hall–Kier alpha value is -3.25. The normalized spacial score (nSPS) is 19.8. The number of ether oxygens (including phenoxy) is 1.